The van der Waals surface area contributed by atoms with E-state index in [1.165, 1.54) is 30.5 Å². The highest BCUT2D eigenvalue weighted by Gasteiger charge is 2.26. The van der Waals surface area contributed by atoms with Crippen molar-refractivity contribution < 1.29 is 4.79 Å². The topological polar surface area (TPSA) is 37.6 Å². The molecule has 1 aliphatic carbocycles. The summed E-state index contributed by atoms with van der Waals surface area (Å²) in [5, 5.41) is 2.89. The normalized spacial score (nSPS) is 14.6. The van der Waals surface area contributed by atoms with Gasteiger partial charge in [-0.2, -0.15) is 0 Å². The van der Waals surface area contributed by atoms with E-state index >= 15 is 0 Å². The van der Waals surface area contributed by atoms with E-state index in [1.54, 1.807) is 11.3 Å². The van der Waals surface area contributed by atoms with Crippen molar-refractivity contribution in [3.63, 3.8) is 0 Å². The molecule has 5 rings (SSSR count). The van der Waals surface area contributed by atoms with Crippen LogP contribution in [0.5, 0.6) is 0 Å². The fraction of sp³-hybridized carbons (Fsp3) is 0.333. The Balaban J connectivity index is 1.34. The maximum Gasteiger partial charge on any atom is 0.225 e. The lowest BCUT2D eigenvalue weighted by atomic mass is 9.88. The molecular formula is C27H28ClN3OS. The van der Waals surface area contributed by atoms with Crippen molar-refractivity contribution in [1.29, 1.82) is 0 Å². The molecule has 0 saturated heterocycles. The minimum atomic E-state index is 0.176. The fourth-order valence-electron chi connectivity index (χ4n) is 4.70. The molecule has 0 N–H and O–H groups in total. The molecule has 2 aromatic heterocycles. The van der Waals surface area contributed by atoms with E-state index in [0.717, 1.165) is 40.5 Å². The molecule has 1 fully saturated rings. The summed E-state index contributed by atoms with van der Waals surface area (Å²) in [7, 11) is 0. The Hall–Kier alpha value is -2.63. The highest BCUT2D eigenvalue weighted by Crippen LogP contribution is 2.28. The van der Waals surface area contributed by atoms with Crippen LogP contribution in [0.25, 0.3) is 16.2 Å². The molecule has 170 valence electrons. The first-order chi connectivity index (χ1) is 16.2. The minimum Gasteiger partial charge on any atom is -0.338 e. The predicted octanol–water partition coefficient (Wildman–Crippen LogP) is 6.87. The molecule has 4 nitrogen and oxygen atoms in total. The first-order valence-electron chi connectivity index (χ1n) is 11.7. The summed E-state index contributed by atoms with van der Waals surface area (Å²) in [6.07, 6.45) is 8.55. The molecule has 0 unspecified atom stereocenters. The first kappa shape index (κ1) is 22.2. The minimum absolute atomic E-state index is 0.176. The number of amides is 1. The highest BCUT2D eigenvalue weighted by molar-refractivity contribution is 7.15. The molecule has 0 spiro atoms. The number of hydrogen-bond acceptors (Lipinski definition) is 3. The Kier molecular flexibility index (Phi) is 6.79. The Morgan fingerprint density at radius 3 is 2.58 bits per heavy atom. The largest absolute Gasteiger partial charge is 0.338 e. The van der Waals surface area contributed by atoms with Crippen LogP contribution in [0.15, 0.2) is 66.2 Å². The average Bonchev–Trinajstić information content (AvgIpc) is 3.44. The van der Waals surface area contributed by atoms with Gasteiger partial charge in [-0.25, -0.2) is 4.98 Å². The molecule has 0 aliphatic heterocycles. The van der Waals surface area contributed by atoms with Crippen molar-refractivity contribution in [3.05, 3.63) is 82.5 Å². The number of benzene rings is 2. The van der Waals surface area contributed by atoms with Crippen molar-refractivity contribution in [2.45, 2.75) is 45.1 Å². The number of carbonyl (C=O) groups is 1. The molecule has 0 atom stereocenters. The van der Waals surface area contributed by atoms with E-state index < -0.39 is 0 Å². The number of thiazole rings is 1. The van der Waals surface area contributed by atoms with E-state index in [2.05, 4.69) is 33.0 Å². The van der Waals surface area contributed by atoms with E-state index in [-0.39, 0.29) is 5.92 Å². The number of imidazole rings is 1. The van der Waals surface area contributed by atoms with Gasteiger partial charge in [0.2, 0.25) is 5.91 Å². The second-order valence-corrected chi connectivity index (χ2v) is 10.1. The second-order valence-electron chi connectivity index (χ2n) is 8.84. The van der Waals surface area contributed by atoms with Gasteiger partial charge in [0.1, 0.15) is 0 Å². The second kappa shape index (κ2) is 10.1. The number of hydrogen-bond donors (Lipinski definition) is 0. The lowest BCUT2D eigenvalue weighted by Gasteiger charge is -2.29. The molecule has 1 saturated carbocycles. The van der Waals surface area contributed by atoms with Crippen LogP contribution in [0.2, 0.25) is 5.02 Å². The summed E-state index contributed by atoms with van der Waals surface area (Å²) in [5.41, 5.74) is 4.38. The number of halogens is 1. The summed E-state index contributed by atoms with van der Waals surface area (Å²) in [6.45, 7) is 1.38. The Labute approximate surface area is 203 Å². The van der Waals surface area contributed by atoms with Gasteiger partial charge >= 0.3 is 0 Å². The number of carbonyl (C=O) groups excluding carboxylic acids is 1. The lowest BCUT2D eigenvalue weighted by Crippen LogP contribution is -2.38. The molecule has 0 bridgehead atoms. The van der Waals surface area contributed by atoms with Gasteiger partial charge in [-0.1, -0.05) is 73.3 Å². The third kappa shape index (κ3) is 5.15. The fourth-order valence-corrected chi connectivity index (χ4v) is 5.73. The SMILES string of the molecule is O=C(C1CCCCC1)N(CCc1csc2nc(-c3ccc(Cl)cc3)cn12)Cc1ccccc1. The third-order valence-corrected chi connectivity index (χ3v) is 7.68. The Bertz CT molecular complexity index is 1210. The lowest BCUT2D eigenvalue weighted by molar-refractivity contribution is -0.137. The van der Waals surface area contributed by atoms with Gasteiger partial charge in [-0.05, 0) is 30.5 Å². The number of nitrogens with zero attached hydrogens (tertiary/aromatic N) is 3. The van der Waals surface area contributed by atoms with Gasteiger partial charge in [0.15, 0.2) is 4.96 Å². The molecule has 2 aromatic carbocycles. The van der Waals surface area contributed by atoms with Crippen LogP contribution in [0.1, 0.15) is 43.4 Å². The highest BCUT2D eigenvalue weighted by atomic mass is 35.5. The van der Waals surface area contributed by atoms with Crippen LogP contribution in [0.4, 0.5) is 0 Å². The van der Waals surface area contributed by atoms with Gasteiger partial charge in [0.05, 0.1) is 5.69 Å². The van der Waals surface area contributed by atoms with Gasteiger partial charge in [0, 0.05) is 53.3 Å². The van der Waals surface area contributed by atoms with Crippen LogP contribution >= 0.6 is 22.9 Å². The molecule has 33 heavy (non-hydrogen) atoms. The summed E-state index contributed by atoms with van der Waals surface area (Å²) < 4.78 is 2.17. The summed E-state index contributed by atoms with van der Waals surface area (Å²) in [4.78, 5) is 21.3. The zero-order valence-electron chi connectivity index (χ0n) is 18.6. The summed E-state index contributed by atoms with van der Waals surface area (Å²) >= 11 is 7.68. The van der Waals surface area contributed by atoms with E-state index in [0.29, 0.717) is 19.0 Å². The van der Waals surface area contributed by atoms with Gasteiger partial charge in [-0.3, -0.25) is 9.20 Å². The van der Waals surface area contributed by atoms with Crippen molar-refractivity contribution in [1.82, 2.24) is 14.3 Å². The molecule has 0 radical (unpaired) electrons. The summed E-state index contributed by atoms with van der Waals surface area (Å²) in [6, 6.07) is 18.1. The number of fused-ring (bicyclic) bond motifs is 1. The molecule has 2 heterocycles. The maximum atomic E-state index is 13.4. The van der Waals surface area contributed by atoms with Crippen molar-refractivity contribution in [2.24, 2.45) is 5.92 Å². The van der Waals surface area contributed by atoms with Gasteiger partial charge in [-0.15, -0.1) is 11.3 Å². The summed E-state index contributed by atoms with van der Waals surface area (Å²) in [5.74, 6) is 0.493. The van der Waals surface area contributed by atoms with Crippen molar-refractivity contribution in [3.8, 4) is 11.3 Å². The van der Waals surface area contributed by atoms with E-state index in [4.69, 9.17) is 16.6 Å². The van der Waals surface area contributed by atoms with Crippen molar-refractivity contribution in [2.75, 3.05) is 6.54 Å². The standard InChI is InChI=1S/C27H28ClN3OS/c28-23-13-11-21(12-14-23)25-18-31-24(19-33-27(31)29-25)15-16-30(17-20-7-3-1-4-8-20)26(32)22-9-5-2-6-10-22/h1,3-4,7-8,11-14,18-19,22H,2,5-6,9-10,15-17H2. The number of rotatable bonds is 7. The van der Waals surface area contributed by atoms with Crippen molar-refractivity contribution >= 4 is 33.8 Å². The monoisotopic (exact) mass is 477 g/mol. The Morgan fingerprint density at radius 2 is 1.82 bits per heavy atom. The zero-order valence-corrected chi connectivity index (χ0v) is 20.2. The molecule has 4 aromatic rings. The third-order valence-electron chi connectivity index (χ3n) is 6.54. The first-order valence-corrected chi connectivity index (χ1v) is 13.0. The smallest absolute Gasteiger partial charge is 0.225 e. The average molecular weight is 478 g/mol. The number of aromatic nitrogens is 2. The molecular weight excluding hydrogens is 450 g/mol. The maximum absolute atomic E-state index is 13.4. The van der Waals surface area contributed by atoms with E-state index in [1.807, 2.05) is 42.5 Å². The van der Waals surface area contributed by atoms with E-state index in [9.17, 15) is 4.79 Å². The van der Waals surface area contributed by atoms with Crippen LogP contribution < -0.4 is 0 Å². The Morgan fingerprint density at radius 1 is 1.06 bits per heavy atom. The van der Waals surface area contributed by atoms with Crippen LogP contribution in [0, 0.1) is 5.92 Å². The van der Waals surface area contributed by atoms with Crippen LogP contribution in [-0.2, 0) is 17.8 Å². The zero-order chi connectivity index (χ0) is 22.6. The van der Waals surface area contributed by atoms with Gasteiger partial charge in [0.25, 0.3) is 0 Å². The molecule has 1 amide bonds. The molecule has 6 heteroatoms. The van der Waals surface area contributed by atoms with Crippen LogP contribution in [-0.4, -0.2) is 26.7 Å². The quantitative estimate of drug-likeness (QED) is 0.291. The van der Waals surface area contributed by atoms with Gasteiger partial charge < -0.3 is 4.90 Å². The predicted molar refractivity (Wildman–Crippen MR) is 136 cm³/mol. The van der Waals surface area contributed by atoms with Crippen LogP contribution in [0.3, 0.4) is 0 Å². The molecule has 1 aliphatic rings.